The maximum atomic E-state index is 12.3. The minimum atomic E-state index is -0.226. The lowest BCUT2D eigenvalue weighted by Gasteiger charge is -2.09. The van der Waals surface area contributed by atoms with Gasteiger partial charge in [0.1, 0.15) is 5.82 Å². The third kappa shape index (κ3) is 4.84. The van der Waals surface area contributed by atoms with E-state index in [2.05, 4.69) is 32.6 Å². The van der Waals surface area contributed by atoms with Gasteiger partial charge in [-0.3, -0.25) is 4.79 Å². The summed E-state index contributed by atoms with van der Waals surface area (Å²) in [5.41, 5.74) is 1.84. The molecular weight excluding hydrogens is 417 g/mol. The number of amides is 1. The third-order valence-electron chi connectivity index (χ3n) is 4.11. The van der Waals surface area contributed by atoms with Crippen molar-refractivity contribution >= 4 is 46.7 Å². The molecule has 0 bridgehead atoms. The Bertz CT molecular complexity index is 978. The van der Waals surface area contributed by atoms with E-state index in [1.54, 1.807) is 6.92 Å². The highest BCUT2D eigenvalue weighted by Gasteiger charge is 2.15. The number of nitrogens with one attached hydrogen (secondary N) is 1. The number of hydrogen-bond donors (Lipinski definition) is 1. The van der Waals surface area contributed by atoms with Crippen molar-refractivity contribution in [1.82, 2.24) is 19.7 Å². The number of aromatic nitrogens is 4. The average Bonchev–Trinajstić information content (AvgIpc) is 3.09. The second-order valence-corrected chi connectivity index (χ2v) is 7.76. The van der Waals surface area contributed by atoms with Gasteiger partial charge in [0.2, 0.25) is 5.91 Å². The van der Waals surface area contributed by atoms with Crippen molar-refractivity contribution in [2.24, 2.45) is 0 Å². The number of carbonyl (C=O) groups is 1. The summed E-state index contributed by atoms with van der Waals surface area (Å²) >= 11 is 13.5. The molecule has 2 aromatic heterocycles. The average molecular weight is 436 g/mol. The van der Waals surface area contributed by atoms with Gasteiger partial charge < -0.3 is 9.88 Å². The Morgan fingerprint density at radius 3 is 2.68 bits per heavy atom. The minimum Gasteiger partial charge on any atom is -0.309 e. The Hall–Kier alpha value is -2.09. The van der Waals surface area contributed by atoms with Crippen molar-refractivity contribution in [3.8, 4) is 0 Å². The fraction of sp³-hybridized carbons (Fsp3) is 0.263. The van der Waals surface area contributed by atoms with Crippen LogP contribution < -0.4 is 5.32 Å². The van der Waals surface area contributed by atoms with E-state index >= 15 is 0 Å². The highest BCUT2D eigenvalue weighted by Crippen LogP contribution is 2.28. The zero-order chi connectivity index (χ0) is 20.1. The summed E-state index contributed by atoms with van der Waals surface area (Å²) in [6.45, 7) is 4.53. The Morgan fingerprint density at radius 1 is 1.21 bits per heavy atom. The van der Waals surface area contributed by atoms with E-state index < -0.39 is 0 Å². The number of anilines is 1. The predicted molar refractivity (Wildman–Crippen MR) is 113 cm³/mol. The maximum absolute atomic E-state index is 12.3. The van der Waals surface area contributed by atoms with Crippen molar-refractivity contribution in [3.05, 3.63) is 63.5 Å². The van der Waals surface area contributed by atoms with Crippen molar-refractivity contribution < 1.29 is 4.79 Å². The molecule has 0 spiro atoms. The van der Waals surface area contributed by atoms with E-state index in [4.69, 9.17) is 23.2 Å². The molecule has 1 aromatic carbocycles. The van der Waals surface area contributed by atoms with Gasteiger partial charge >= 0.3 is 0 Å². The van der Waals surface area contributed by atoms with E-state index in [0.29, 0.717) is 33.0 Å². The SMILES string of the molecule is CCn1c(Cc2ccccc2)nnc1SCC(=O)Nc1ncc(Cl)c(C)c1Cl. The second kappa shape index (κ2) is 9.41. The van der Waals surface area contributed by atoms with E-state index in [0.717, 1.165) is 17.9 Å². The van der Waals surface area contributed by atoms with Gasteiger partial charge in [-0.25, -0.2) is 4.98 Å². The number of halogens is 2. The van der Waals surface area contributed by atoms with Crippen molar-refractivity contribution in [2.75, 3.05) is 11.1 Å². The number of carbonyl (C=O) groups excluding carboxylic acids is 1. The van der Waals surface area contributed by atoms with Gasteiger partial charge in [0.15, 0.2) is 11.0 Å². The lowest BCUT2D eigenvalue weighted by Crippen LogP contribution is -2.16. The topological polar surface area (TPSA) is 72.7 Å². The molecule has 6 nitrogen and oxygen atoms in total. The smallest absolute Gasteiger partial charge is 0.236 e. The first-order valence-electron chi connectivity index (χ1n) is 8.68. The largest absolute Gasteiger partial charge is 0.309 e. The van der Waals surface area contributed by atoms with Crippen LogP contribution in [0.4, 0.5) is 5.82 Å². The summed E-state index contributed by atoms with van der Waals surface area (Å²) < 4.78 is 2.02. The number of nitrogens with zero attached hydrogens (tertiary/aromatic N) is 4. The second-order valence-electron chi connectivity index (χ2n) is 6.04. The fourth-order valence-corrected chi connectivity index (χ4v) is 3.81. The minimum absolute atomic E-state index is 0.170. The Balaban J connectivity index is 1.64. The zero-order valence-electron chi connectivity index (χ0n) is 15.4. The van der Waals surface area contributed by atoms with Crippen LogP contribution in [-0.4, -0.2) is 31.4 Å². The molecule has 0 radical (unpaired) electrons. The number of benzene rings is 1. The Morgan fingerprint density at radius 2 is 1.96 bits per heavy atom. The summed E-state index contributed by atoms with van der Waals surface area (Å²) in [6, 6.07) is 10.1. The molecule has 3 rings (SSSR count). The van der Waals surface area contributed by atoms with Crippen molar-refractivity contribution in [2.45, 2.75) is 32.0 Å². The summed E-state index contributed by atoms with van der Waals surface area (Å²) in [6.07, 6.45) is 2.16. The molecule has 1 amide bonds. The van der Waals surface area contributed by atoms with Crippen LogP contribution in [0.2, 0.25) is 10.0 Å². The van der Waals surface area contributed by atoms with Crippen LogP contribution in [0.3, 0.4) is 0 Å². The highest BCUT2D eigenvalue weighted by atomic mass is 35.5. The monoisotopic (exact) mass is 435 g/mol. The van der Waals surface area contributed by atoms with E-state index in [9.17, 15) is 4.79 Å². The van der Waals surface area contributed by atoms with E-state index in [-0.39, 0.29) is 11.7 Å². The van der Waals surface area contributed by atoms with Gasteiger partial charge in [-0.1, -0.05) is 65.3 Å². The van der Waals surface area contributed by atoms with Crippen LogP contribution in [-0.2, 0) is 17.8 Å². The van der Waals surface area contributed by atoms with Crippen molar-refractivity contribution in [3.63, 3.8) is 0 Å². The molecule has 3 aromatic rings. The summed E-state index contributed by atoms with van der Waals surface area (Å²) in [5.74, 6) is 1.12. The first-order chi connectivity index (χ1) is 13.5. The number of rotatable bonds is 7. The molecule has 0 saturated heterocycles. The summed E-state index contributed by atoms with van der Waals surface area (Å²) in [4.78, 5) is 16.4. The number of pyridine rings is 1. The Kier molecular flexibility index (Phi) is 6.93. The molecule has 0 fully saturated rings. The van der Waals surface area contributed by atoms with Crippen LogP contribution in [0.15, 0.2) is 41.7 Å². The highest BCUT2D eigenvalue weighted by molar-refractivity contribution is 7.99. The van der Waals surface area contributed by atoms with E-state index in [1.165, 1.54) is 18.0 Å². The maximum Gasteiger partial charge on any atom is 0.236 e. The molecular formula is C19H19Cl2N5OS. The molecule has 0 saturated carbocycles. The van der Waals surface area contributed by atoms with Crippen molar-refractivity contribution in [1.29, 1.82) is 0 Å². The van der Waals surface area contributed by atoms with Gasteiger partial charge in [0, 0.05) is 19.2 Å². The molecule has 0 atom stereocenters. The quantitative estimate of drug-likeness (QED) is 0.547. The van der Waals surface area contributed by atoms with Gasteiger partial charge in [-0.15, -0.1) is 10.2 Å². The molecule has 0 aliphatic carbocycles. The predicted octanol–water partition coefficient (Wildman–Crippen LogP) is 4.63. The molecule has 0 unspecified atom stereocenters. The lowest BCUT2D eigenvalue weighted by atomic mass is 10.1. The zero-order valence-corrected chi connectivity index (χ0v) is 17.8. The van der Waals surface area contributed by atoms with Crippen LogP contribution in [0.1, 0.15) is 23.9 Å². The summed E-state index contributed by atoms with van der Waals surface area (Å²) in [7, 11) is 0. The molecule has 28 heavy (non-hydrogen) atoms. The van der Waals surface area contributed by atoms with Crippen LogP contribution >= 0.6 is 35.0 Å². The third-order valence-corrected chi connectivity index (χ3v) is 5.92. The molecule has 9 heteroatoms. The molecule has 1 N–H and O–H groups in total. The first kappa shape index (κ1) is 20.6. The normalized spacial score (nSPS) is 10.9. The standard InChI is InChI=1S/C19H19Cl2N5OS/c1-3-26-15(9-13-7-5-4-6-8-13)24-25-19(26)28-11-16(27)23-18-17(21)12(2)14(20)10-22-18/h4-8,10H,3,9,11H2,1-2H3,(H,22,23,27). The lowest BCUT2D eigenvalue weighted by molar-refractivity contribution is -0.113. The van der Waals surface area contributed by atoms with Crippen LogP contribution in [0.25, 0.3) is 0 Å². The number of hydrogen-bond acceptors (Lipinski definition) is 5. The van der Waals surface area contributed by atoms with Gasteiger partial charge in [0.05, 0.1) is 15.8 Å². The molecule has 0 aliphatic heterocycles. The van der Waals surface area contributed by atoms with Gasteiger partial charge in [-0.05, 0) is 25.0 Å². The van der Waals surface area contributed by atoms with E-state index in [1.807, 2.05) is 29.7 Å². The molecule has 2 heterocycles. The Labute approximate surface area is 177 Å². The fourth-order valence-electron chi connectivity index (χ4n) is 2.60. The first-order valence-corrected chi connectivity index (χ1v) is 10.4. The summed E-state index contributed by atoms with van der Waals surface area (Å²) in [5, 5.41) is 12.7. The van der Waals surface area contributed by atoms with Gasteiger partial charge in [-0.2, -0.15) is 0 Å². The van der Waals surface area contributed by atoms with Gasteiger partial charge in [0.25, 0.3) is 0 Å². The molecule has 146 valence electrons. The van der Waals surface area contributed by atoms with Crippen LogP contribution in [0.5, 0.6) is 0 Å². The number of thioether (sulfide) groups is 1. The van der Waals surface area contributed by atoms with Crippen LogP contribution in [0, 0.1) is 6.92 Å². The molecule has 0 aliphatic rings.